The van der Waals surface area contributed by atoms with Crippen molar-refractivity contribution in [2.45, 2.75) is 16.6 Å². The molecule has 27 heavy (non-hydrogen) atoms. The first-order valence-electron chi connectivity index (χ1n) is 9.23. The molecule has 1 atom stereocenters. The van der Waals surface area contributed by atoms with Crippen LogP contribution >= 0.6 is 0 Å². The van der Waals surface area contributed by atoms with E-state index in [1.807, 2.05) is 60.7 Å². The average Bonchev–Trinajstić information content (AvgIpc) is 2.76. The molecule has 0 aromatic heterocycles. The lowest BCUT2D eigenvalue weighted by molar-refractivity contribution is 0.677. The van der Waals surface area contributed by atoms with Gasteiger partial charge in [-0.3, -0.25) is 9.20 Å². The Bertz CT molecular complexity index is 915. The van der Waals surface area contributed by atoms with Crippen LogP contribution in [0.15, 0.2) is 94.8 Å². The maximum Gasteiger partial charge on any atom is 0.129 e. The van der Waals surface area contributed by atoms with Gasteiger partial charge in [0.25, 0.3) is 0 Å². The molecule has 4 rings (SSSR count). The van der Waals surface area contributed by atoms with Crippen molar-refractivity contribution in [2.24, 2.45) is 4.99 Å². The zero-order chi connectivity index (χ0) is 18.5. The highest BCUT2D eigenvalue weighted by Crippen LogP contribution is 2.33. The molecule has 4 heteroatoms. The largest absolute Gasteiger partial charge is 0.370 e. The molecule has 0 aliphatic carbocycles. The maximum atomic E-state index is 13.8. The molecular formula is C23H22N2OS. The molecule has 1 aliphatic rings. The summed E-state index contributed by atoms with van der Waals surface area (Å²) in [5.41, 5.74) is 3.04. The number of benzene rings is 3. The molecule has 3 nitrogen and oxygen atoms in total. The summed E-state index contributed by atoms with van der Waals surface area (Å²) in [6, 6.07) is 28.1. The Morgan fingerprint density at radius 2 is 1.41 bits per heavy atom. The van der Waals surface area contributed by atoms with Crippen molar-refractivity contribution < 1.29 is 4.21 Å². The lowest BCUT2D eigenvalue weighted by atomic mass is 10.0. The molecule has 1 N–H and O–H groups in total. The molecule has 0 radical (unpaired) electrons. The Balaban J connectivity index is 1.81. The fourth-order valence-corrected chi connectivity index (χ4v) is 5.03. The van der Waals surface area contributed by atoms with Crippen molar-refractivity contribution in [1.82, 2.24) is 5.32 Å². The summed E-state index contributed by atoms with van der Waals surface area (Å²) in [4.78, 5) is 5.44. The van der Waals surface area contributed by atoms with Crippen molar-refractivity contribution >= 4 is 16.6 Å². The molecule has 1 aliphatic heterocycles. The van der Waals surface area contributed by atoms with Crippen LogP contribution < -0.4 is 5.32 Å². The van der Waals surface area contributed by atoms with Crippen molar-refractivity contribution in [1.29, 1.82) is 0 Å². The molecule has 3 aromatic carbocycles. The molecule has 0 bridgehead atoms. The van der Waals surface area contributed by atoms with Gasteiger partial charge in [0, 0.05) is 18.7 Å². The van der Waals surface area contributed by atoms with Crippen LogP contribution in [0.2, 0.25) is 0 Å². The van der Waals surface area contributed by atoms with E-state index < -0.39 is 10.8 Å². The summed E-state index contributed by atoms with van der Waals surface area (Å²) >= 11 is 0. The van der Waals surface area contributed by atoms with Gasteiger partial charge in [0.2, 0.25) is 0 Å². The SMILES string of the molecule is O=S(c1ccccc1C1=NCCCN1)C(c1ccccc1)c1ccccc1. The van der Waals surface area contributed by atoms with Gasteiger partial charge in [-0.15, -0.1) is 0 Å². The third-order valence-corrected chi connectivity index (χ3v) is 6.44. The van der Waals surface area contributed by atoms with E-state index in [-0.39, 0.29) is 5.25 Å². The van der Waals surface area contributed by atoms with Crippen LogP contribution in [0.1, 0.15) is 28.4 Å². The zero-order valence-electron chi connectivity index (χ0n) is 15.0. The van der Waals surface area contributed by atoms with E-state index >= 15 is 0 Å². The van der Waals surface area contributed by atoms with Gasteiger partial charge in [0.1, 0.15) is 5.84 Å². The van der Waals surface area contributed by atoms with Crippen LogP contribution in [0.3, 0.4) is 0 Å². The molecule has 1 unspecified atom stereocenters. The first-order chi connectivity index (χ1) is 13.3. The lowest BCUT2D eigenvalue weighted by Crippen LogP contribution is -2.31. The molecule has 1 heterocycles. The number of rotatable bonds is 5. The smallest absolute Gasteiger partial charge is 0.129 e. The van der Waals surface area contributed by atoms with Crippen LogP contribution in [0.4, 0.5) is 0 Å². The van der Waals surface area contributed by atoms with Gasteiger partial charge in [-0.05, 0) is 23.6 Å². The van der Waals surface area contributed by atoms with Crippen molar-refractivity contribution in [3.8, 4) is 0 Å². The fraction of sp³-hybridized carbons (Fsp3) is 0.174. The number of hydrogen-bond acceptors (Lipinski definition) is 3. The summed E-state index contributed by atoms with van der Waals surface area (Å²) in [5.74, 6) is 0.852. The van der Waals surface area contributed by atoms with Crippen LogP contribution in [0, 0.1) is 0 Å². The van der Waals surface area contributed by atoms with Crippen molar-refractivity contribution in [2.75, 3.05) is 13.1 Å². The summed E-state index contributed by atoms with van der Waals surface area (Å²) in [6.07, 6.45) is 1.03. The number of nitrogens with zero attached hydrogens (tertiary/aromatic N) is 1. The average molecular weight is 375 g/mol. The van der Waals surface area contributed by atoms with Crippen LogP contribution in [-0.4, -0.2) is 23.1 Å². The third kappa shape index (κ3) is 3.86. The third-order valence-electron chi connectivity index (χ3n) is 4.67. The minimum Gasteiger partial charge on any atom is -0.370 e. The molecule has 3 aromatic rings. The van der Waals surface area contributed by atoms with E-state index in [1.165, 1.54) is 0 Å². The van der Waals surface area contributed by atoms with E-state index in [9.17, 15) is 4.21 Å². The molecule has 0 spiro atoms. The molecule has 0 fully saturated rings. The Morgan fingerprint density at radius 3 is 2.00 bits per heavy atom. The number of aliphatic imine (C=N–C) groups is 1. The zero-order valence-corrected chi connectivity index (χ0v) is 15.9. The Kier molecular flexibility index (Phi) is 5.45. The molecule has 136 valence electrons. The molecule has 0 amide bonds. The molecule has 0 saturated carbocycles. The summed E-state index contributed by atoms with van der Waals surface area (Å²) < 4.78 is 13.8. The fourth-order valence-electron chi connectivity index (χ4n) is 3.37. The predicted molar refractivity (Wildman–Crippen MR) is 112 cm³/mol. The quantitative estimate of drug-likeness (QED) is 0.722. The first-order valence-corrected chi connectivity index (χ1v) is 10.4. The second-order valence-electron chi connectivity index (χ2n) is 6.51. The second kappa shape index (κ2) is 8.31. The minimum absolute atomic E-state index is 0.224. The van der Waals surface area contributed by atoms with E-state index in [1.54, 1.807) is 0 Å². The highest BCUT2D eigenvalue weighted by Gasteiger charge is 2.25. The van der Waals surface area contributed by atoms with Gasteiger partial charge in [-0.25, -0.2) is 0 Å². The summed E-state index contributed by atoms with van der Waals surface area (Å²) in [6.45, 7) is 1.71. The van der Waals surface area contributed by atoms with E-state index in [0.717, 1.165) is 46.9 Å². The van der Waals surface area contributed by atoms with Gasteiger partial charge in [-0.2, -0.15) is 0 Å². The van der Waals surface area contributed by atoms with Gasteiger partial charge < -0.3 is 5.32 Å². The Hall–Kier alpha value is -2.72. The number of hydrogen-bond donors (Lipinski definition) is 1. The van der Waals surface area contributed by atoms with E-state index in [4.69, 9.17) is 0 Å². The van der Waals surface area contributed by atoms with Gasteiger partial charge in [0.05, 0.1) is 20.9 Å². The number of nitrogens with one attached hydrogen (secondary N) is 1. The monoisotopic (exact) mass is 374 g/mol. The minimum atomic E-state index is -1.26. The van der Waals surface area contributed by atoms with Crippen molar-refractivity contribution in [3.05, 3.63) is 102 Å². The van der Waals surface area contributed by atoms with Crippen LogP contribution in [-0.2, 0) is 10.8 Å². The maximum absolute atomic E-state index is 13.8. The van der Waals surface area contributed by atoms with Gasteiger partial charge >= 0.3 is 0 Å². The van der Waals surface area contributed by atoms with E-state index in [2.05, 4.69) is 34.6 Å². The van der Waals surface area contributed by atoms with Crippen LogP contribution in [0.5, 0.6) is 0 Å². The Morgan fingerprint density at radius 1 is 0.815 bits per heavy atom. The highest BCUT2D eigenvalue weighted by atomic mass is 32.2. The van der Waals surface area contributed by atoms with Crippen LogP contribution in [0.25, 0.3) is 0 Å². The molecule has 0 saturated heterocycles. The predicted octanol–water partition coefficient (Wildman–Crippen LogP) is 4.32. The second-order valence-corrected chi connectivity index (χ2v) is 8.01. The lowest BCUT2D eigenvalue weighted by Gasteiger charge is -2.21. The van der Waals surface area contributed by atoms with E-state index in [0.29, 0.717) is 0 Å². The normalized spacial score (nSPS) is 15.1. The standard InChI is InChI=1S/C23H22N2OS/c26-27(21-15-8-7-14-20(21)23-24-16-9-17-25-23)22(18-10-3-1-4-11-18)19-12-5-2-6-13-19/h1-8,10-15,22H,9,16-17H2,(H,24,25). The number of amidine groups is 1. The summed E-state index contributed by atoms with van der Waals surface area (Å²) in [5, 5.41) is 3.14. The van der Waals surface area contributed by atoms with Gasteiger partial charge in [-0.1, -0.05) is 78.9 Å². The topological polar surface area (TPSA) is 41.5 Å². The Labute approximate surface area is 162 Å². The van der Waals surface area contributed by atoms with Crippen molar-refractivity contribution in [3.63, 3.8) is 0 Å². The molecular weight excluding hydrogens is 352 g/mol. The summed E-state index contributed by atoms with van der Waals surface area (Å²) in [7, 11) is -1.26. The van der Waals surface area contributed by atoms with Gasteiger partial charge in [0.15, 0.2) is 0 Å². The first kappa shape index (κ1) is 17.7. The highest BCUT2D eigenvalue weighted by molar-refractivity contribution is 7.85.